The van der Waals surface area contributed by atoms with Gasteiger partial charge in [-0.1, -0.05) is 53.2 Å². The van der Waals surface area contributed by atoms with Crippen LogP contribution < -0.4 is 0 Å². The number of carbonyl (C=O) groups is 1. The van der Waals surface area contributed by atoms with Crippen molar-refractivity contribution in [1.29, 1.82) is 0 Å². The summed E-state index contributed by atoms with van der Waals surface area (Å²) >= 11 is 7.41. The van der Waals surface area contributed by atoms with Gasteiger partial charge in [0.2, 0.25) is 0 Å². The van der Waals surface area contributed by atoms with Crippen LogP contribution in [0.15, 0.2) is 72.0 Å². The van der Waals surface area contributed by atoms with Gasteiger partial charge in [-0.05, 0) is 43.3 Å². The fourth-order valence-electron chi connectivity index (χ4n) is 2.79. The number of hydrogen-bond acceptors (Lipinski definition) is 4. The Bertz CT molecular complexity index is 1090. The number of benzene rings is 2. The Morgan fingerprint density at radius 3 is 2.50 bits per heavy atom. The Labute approximate surface area is 171 Å². The summed E-state index contributed by atoms with van der Waals surface area (Å²) in [6.07, 6.45) is 1.74. The lowest BCUT2D eigenvalue weighted by Crippen LogP contribution is -2.05. The maximum atomic E-state index is 12.4. The summed E-state index contributed by atoms with van der Waals surface area (Å²) in [5.41, 5.74) is 3.60. The van der Waals surface area contributed by atoms with Gasteiger partial charge in [0.15, 0.2) is 16.8 Å². The molecule has 0 aliphatic rings. The topological polar surface area (TPSA) is 63.6 Å². The number of aromatic amines is 1. The second-order valence-corrected chi connectivity index (χ2v) is 7.66. The van der Waals surface area contributed by atoms with Gasteiger partial charge in [-0.15, -0.1) is 10.2 Å². The number of aromatic nitrogens is 4. The SMILES string of the molecule is Cc1ccc(-c2nnc(SCC(=O)c3ccc[nH]3)n2-c2ccc(Cl)cc2)cc1. The highest BCUT2D eigenvalue weighted by Crippen LogP contribution is 2.29. The van der Waals surface area contributed by atoms with Crippen molar-refractivity contribution in [2.45, 2.75) is 12.1 Å². The third-order valence-electron chi connectivity index (χ3n) is 4.26. The molecule has 0 saturated heterocycles. The lowest BCUT2D eigenvalue weighted by Gasteiger charge is -2.10. The number of hydrogen-bond donors (Lipinski definition) is 1. The highest BCUT2D eigenvalue weighted by atomic mass is 35.5. The van der Waals surface area contributed by atoms with E-state index in [4.69, 9.17) is 11.6 Å². The molecule has 0 bridgehead atoms. The number of nitrogens with one attached hydrogen (secondary N) is 1. The number of ketones is 1. The van der Waals surface area contributed by atoms with Gasteiger partial charge in [-0.25, -0.2) is 0 Å². The minimum atomic E-state index is 0.0116. The molecule has 0 atom stereocenters. The van der Waals surface area contributed by atoms with Crippen LogP contribution in [0.5, 0.6) is 0 Å². The van der Waals surface area contributed by atoms with Crippen LogP contribution in [0.25, 0.3) is 17.1 Å². The van der Waals surface area contributed by atoms with Crippen LogP contribution in [-0.4, -0.2) is 31.3 Å². The Morgan fingerprint density at radius 1 is 1.07 bits per heavy atom. The number of H-pyrrole nitrogens is 1. The molecule has 4 rings (SSSR count). The molecule has 2 aromatic heterocycles. The van der Waals surface area contributed by atoms with E-state index >= 15 is 0 Å². The van der Waals surface area contributed by atoms with Crippen molar-refractivity contribution in [3.8, 4) is 17.1 Å². The van der Waals surface area contributed by atoms with E-state index < -0.39 is 0 Å². The number of halogens is 1. The van der Waals surface area contributed by atoms with Crippen LogP contribution in [0, 0.1) is 6.92 Å². The molecule has 0 saturated carbocycles. The van der Waals surface area contributed by atoms with E-state index in [1.54, 1.807) is 12.3 Å². The molecule has 0 spiro atoms. The van der Waals surface area contributed by atoms with Gasteiger partial charge in [-0.3, -0.25) is 9.36 Å². The molecule has 0 aliphatic carbocycles. The molecule has 0 fully saturated rings. The first-order valence-electron chi connectivity index (χ1n) is 8.69. The summed E-state index contributed by atoms with van der Waals surface area (Å²) in [5, 5.41) is 10.1. The maximum absolute atomic E-state index is 12.4. The third-order valence-corrected chi connectivity index (χ3v) is 5.44. The van der Waals surface area contributed by atoms with Gasteiger partial charge >= 0.3 is 0 Å². The minimum Gasteiger partial charge on any atom is -0.359 e. The molecule has 0 radical (unpaired) electrons. The predicted molar refractivity (Wildman–Crippen MR) is 112 cm³/mol. The van der Waals surface area contributed by atoms with Crippen molar-refractivity contribution < 1.29 is 4.79 Å². The molecular weight excluding hydrogens is 392 g/mol. The summed E-state index contributed by atoms with van der Waals surface area (Å²) in [5.74, 6) is 0.995. The Kier molecular flexibility index (Phi) is 5.32. The average Bonchev–Trinajstić information content (AvgIpc) is 3.38. The van der Waals surface area contributed by atoms with Crippen LogP contribution in [-0.2, 0) is 0 Å². The molecule has 28 heavy (non-hydrogen) atoms. The molecule has 0 aliphatic heterocycles. The lowest BCUT2D eigenvalue weighted by molar-refractivity contribution is 0.101. The molecular formula is C21H17ClN4OS. The number of Topliss-reactive ketones (excluding diaryl/α,β-unsaturated/α-hetero) is 1. The van der Waals surface area contributed by atoms with Crippen LogP contribution in [0.2, 0.25) is 5.02 Å². The van der Waals surface area contributed by atoms with E-state index in [1.807, 2.05) is 66.1 Å². The Hall–Kier alpha value is -2.83. The summed E-state index contributed by atoms with van der Waals surface area (Å²) in [6.45, 7) is 2.04. The first-order valence-corrected chi connectivity index (χ1v) is 10.1. The van der Waals surface area contributed by atoms with E-state index in [0.29, 0.717) is 15.9 Å². The monoisotopic (exact) mass is 408 g/mol. The zero-order valence-corrected chi connectivity index (χ0v) is 16.7. The molecule has 2 heterocycles. The van der Waals surface area contributed by atoms with Gasteiger partial charge in [-0.2, -0.15) is 0 Å². The van der Waals surface area contributed by atoms with Crippen molar-refractivity contribution in [3.05, 3.63) is 83.1 Å². The summed E-state index contributed by atoms with van der Waals surface area (Å²) in [6, 6.07) is 19.2. The van der Waals surface area contributed by atoms with Crippen molar-refractivity contribution in [2.24, 2.45) is 0 Å². The summed E-state index contributed by atoms with van der Waals surface area (Å²) in [7, 11) is 0. The molecule has 140 valence electrons. The maximum Gasteiger partial charge on any atom is 0.196 e. The molecule has 4 aromatic rings. The van der Waals surface area contributed by atoms with Gasteiger partial charge in [0.1, 0.15) is 0 Å². The van der Waals surface area contributed by atoms with Gasteiger partial charge < -0.3 is 4.98 Å². The average molecular weight is 409 g/mol. The molecule has 0 amide bonds. The van der Waals surface area contributed by atoms with Crippen molar-refractivity contribution >= 4 is 29.1 Å². The van der Waals surface area contributed by atoms with Crippen LogP contribution in [0.1, 0.15) is 16.1 Å². The Balaban J connectivity index is 1.70. The van der Waals surface area contributed by atoms with Gasteiger partial charge in [0.05, 0.1) is 11.4 Å². The second-order valence-electron chi connectivity index (χ2n) is 6.28. The highest BCUT2D eigenvalue weighted by Gasteiger charge is 2.18. The number of thioether (sulfide) groups is 1. The minimum absolute atomic E-state index is 0.0116. The van der Waals surface area contributed by atoms with Crippen LogP contribution in [0.3, 0.4) is 0 Å². The number of nitrogens with zero attached hydrogens (tertiary/aromatic N) is 3. The molecule has 0 unspecified atom stereocenters. The van der Waals surface area contributed by atoms with Crippen molar-refractivity contribution in [2.75, 3.05) is 5.75 Å². The first-order chi connectivity index (χ1) is 13.6. The lowest BCUT2D eigenvalue weighted by atomic mass is 10.1. The highest BCUT2D eigenvalue weighted by molar-refractivity contribution is 7.99. The van der Waals surface area contributed by atoms with Crippen LogP contribution >= 0.6 is 23.4 Å². The quantitative estimate of drug-likeness (QED) is 0.352. The van der Waals surface area contributed by atoms with Gasteiger partial charge in [0.25, 0.3) is 0 Å². The Morgan fingerprint density at radius 2 is 1.82 bits per heavy atom. The van der Waals surface area contributed by atoms with Crippen LogP contribution in [0.4, 0.5) is 0 Å². The molecule has 2 aromatic carbocycles. The number of carbonyl (C=O) groups excluding carboxylic acids is 1. The fraction of sp³-hybridized carbons (Fsp3) is 0.0952. The molecule has 1 N–H and O–H groups in total. The summed E-state index contributed by atoms with van der Waals surface area (Å²) in [4.78, 5) is 15.3. The predicted octanol–water partition coefficient (Wildman–Crippen LogP) is 5.20. The first kappa shape index (κ1) is 18.5. The normalized spacial score (nSPS) is 10.9. The van der Waals surface area contributed by atoms with E-state index in [9.17, 15) is 4.79 Å². The van der Waals surface area contributed by atoms with E-state index in [0.717, 1.165) is 17.1 Å². The third kappa shape index (κ3) is 3.88. The molecule has 5 nitrogen and oxygen atoms in total. The second kappa shape index (κ2) is 8.04. The zero-order valence-electron chi connectivity index (χ0n) is 15.1. The summed E-state index contributed by atoms with van der Waals surface area (Å²) < 4.78 is 1.95. The smallest absolute Gasteiger partial charge is 0.196 e. The van der Waals surface area contributed by atoms with Crippen molar-refractivity contribution in [1.82, 2.24) is 19.7 Å². The van der Waals surface area contributed by atoms with E-state index in [1.165, 1.54) is 17.3 Å². The zero-order chi connectivity index (χ0) is 19.5. The molecule has 7 heteroatoms. The van der Waals surface area contributed by atoms with E-state index in [2.05, 4.69) is 15.2 Å². The number of aryl methyl sites for hydroxylation is 1. The van der Waals surface area contributed by atoms with E-state index in [-0.39, 0.29) is 11.5 Å². The fourth-order valence-corrected chi connectivity index (χ4v) is 3.75. The number of rotatable bonds is 6. The van der Waals surface area contributed by atoms with Gasteiger partial charge in [0, 0.05) is 22.5 Å². The van der Waals surface area contributed by atoms with Crippen molar-refractivity contribution in [3.63, 3.8) is 0 Å². The largest absolute Gasteiger partial charge is 0.359 e. The standard InChI is InChI=1S/C21H17ClN4OS/c1-14-4-6-15(7-5-14)20-24-25-21(26(20)17-10-8-16(22)9-11-17)28-13-19(27)18-3-2-12-23-18/h2-12,23H,13H2,1H3.